The molecule has 0 bridgehead atoms. The Morgan fingerprint density at radius 3 is 2.67 bits per heavy atom. The van der Waals surface area contributed by atoms with Crippen LogP contribution < -0.4 is 5.73 Å². The van der Waals surface area contributed by atoms with Gasteiger partial charge in [0.25, 0.3) is 0 Å². The van der Waals surface area contributed by atoms with Crippen LogP contribution in [0.3, 0.4) is 0 Å². The first-order valence-corrected chi connectivity index (χ1v) is 5.79. The predicted octanol–water partition coefficient (Wildman–Crippen LogP) is 3.64. The van der Waals surface area contributed by atoms with Crippen LogP contribution in [0.25, 0.3) is 16.6 Å². The Hall–Kier alpha value is -2.29. The van der Waals surface area contributed by atoms with Gasteiger partial charge in [-0.05, 0) is 48.4 Å². The van der Waals surface area contributed by atoms with Gasteiger partial charge in [0, 0.05) is 17.3 Å². The van der Waals surface area contributed by atoms with Crippen molar-refractivity contribution in [2.75, 3.05) is 5.73 Å². The monoisotopic (exact) mass is 240 g/mol. The molecule has 0 unspecified atom stereocenters. The molecule has 2 aromatic heterocycles. The number of nitrogens with two attached hydrogens (primary N) is 1. The van der Waals surface area contributed by atoms with E-state index in [9.17, 15) is 4.39 Å². The summed E-state index contributed by atoms with van der Waals surface area (Å²) in [4.78, 5) is 0. The van der Waals surface area contributed by atoms with E-state index in [-0.39, 0.29) is 5.82 Å². The third-order valence-corrected chi connectivity index (χ3v) is 3.19. The van der Waals surface area contributed by atoms with Crippen molar-refractivity contribution in [3.8, 4) is 11.1 Å². The first-order chi connectivity index (χ1) is 8.66. The maximum Gasteiger partial charge on any atom is 0.126 e. The maximum absolute atomic E-state index is 13.3. The van der Waals surface area contributed by atoms with Gasteiger partial charge in [0.15, 0.2) is 0 Å². The Morgan fingerprint density at radius 1 is 1.11 bits per heavy atom. The Labute approximate surface area is 104 Å². The standard InChI is InChI=1S/C15H13FN2/c1-10-8-11(5-6-14(10)16)13-9-12-4-2-3-7-18(12)15(13)17/h2-9H,17H2,1H3. The van der Waals surface area contributed by atoms with Crippen LogP contribution in [0.15, 0.2) is 48.7 Å². The summed E-state index contributed by atoms with van der Waals surface area (Å²) in [7, 11) is 0. The van der Waals surface area contributed by atoms with Gasteiger partial charge in [0.2, 0.25) is 0 Å². The topological polar surface area (TPSA) is 30.4 Å². The maximum atomic E-state index is 13.3. The van der Waals surface area contributed by atoms with Gasteiger partial charge in [-0.15, -0.1) is 0 Å². The van der Waals surface area contributed by atoms with Gasteiger partial charge in [-0.1, -0.05) is 12.1 Å². The van der Waals surface area contributed by atoms with Crippen molar-refractivity contribution in [2.45, 2.75) is 6.92 Å². The second kappa shape index (κ2) is 3.88. The Bertz CT molecular complexity index is 728. The number of aryl methyl sites for hydroxylation is 1. The summed E-state index contributed by atoms with van der Waals surface area (Å²) in [6.07, 6.45) is 1.92. The zero-order valence-electron chi connectivity index (χ0n) is 10.0. The molecule has 90 valence electrons. The van der Waals surface area contributed by atoms with Gasteiger partial charge >= 0.3 is 0 Å². The fourth-order valence-electron chi connectivity index (χ4n) is 2.19. The number of nitrogen functional groups attached to an aromatic ring is 1. The number of hydrogen-bond donors (Lipinski definition) is 1. The summed E-state index contributed by atoms with van der Waals surface area (Å²) >= 11 is 0. The summed E-state index contributed by atoms with van der Waals surface area (Å²) in [5.74, 6) is 0.484. The summed E-state index contributed by atoms with van der Waals surface area (Å²) in [6, 6.07) is 13.0. The smallest absolute Gasteiger partial charge is 0.126 e. The minimum absolute atomic E-state index is 0.193. The number of halogens is 1. The lowest BCUT2D eigenvalue weighted by atomic mass is 10.1. The number of aromatic nitrogens is 1. The van der Waals surface area contributed by atoms with Crippen LogP contribution in [0.1, 0.15) is 5.56 Å². The first-order valence-electron chi connectivity index (χ1n) is 5.79. The van der Waals surface area contributed by atoms with Crippen LogP contribution in [0.4, 0.5) is 10.2 Å². The van der Waals surface area contributed by atoms with Crippen molar-refractivity contribution in [1.29, 1.82) is 0 Å². The molecule has 3 heteroatoms. The molecule has 0 amide bonds. The van der Waals surface area contributed by atoms with Crippen molar-refractivity contribution in [3.63, 3.8) is 0 Å². The van der Waals surface area contributed by atoms with Crippen LogP contribution in [0.5, 0.6) is 0 Å². The number of benzene rings is 1. The Morgan fingerprint density at radius 2 is 1.94 bits per heavy atom. The minimum Gasteiger partial charge on any atom is -0.384 e. The summed E-state index contributed by atoms with van der Waals surface area (Å²) in [5.41, 5.74) is 9.66. The highest BCUT2D eigenvalue weighted by molar-refractivity contribution is 5.81. The highest BCUT2D eigenvalue weighted by Gasteiger charge is 2.09. The second-order valence-corrected chi connectivity index (χ2v) is 4.40. The lowest BCUT2D eigenvalue weighted by molar-refractivity contribution is 0.619. The van der Waals surface area contributed by atoms with Gasteiger partial charge < -0.3 is 10.1 Å². The number of nitrogens with zero attached hydrogens (tertiary/aromatic N) is 1. The van der Waals surface area contributed by atoms with Crippen molar-refractivity contribution in [2.24, 2.45) is 0 Å². The third-order valence-electron chi connectivity index (χ3n) is 3.19. The van der Waals surface area contributed by atoms with E-state index < -0.39 is 0 Å². The zero-order chi connectivity index (χ0) is 12.7. The number of anilines is 1. The quantitative estimate of drug-likeness (QED) is 0.691. The molecule has 3 aromatic rings. The fourth-order valence-corrected chi connectivity index (χ4v) is 2.19. The molecule has 0 fully saturated rings. The zero-order valence-corrected chi connectivity index (χ0v) is 10.0. The van der Waals surface area contributed by atoms with E-state index in [4.69, 9.17) is 5.73 Å². The fraction of sp³-hybridized carbons (Fsp3) is 0.0667. The molecule has 0 saturated carbocycles. The number of hydrogen-bond acceptors (Lipinski definition) is 1. The largest absolute Gasteiger partial charge is 0.384 e. The number of rotatable bonds is 1. The molecule has 0 aliphatic rings. The van der Waals surface area contributed by atoms with Crippen LogP contribution in [0, 0.1) is 12.7 Å². The van der Waals surface area contributed by atoms with Crippen LogP contribution in [-0.2, 0) is 0 Å². The molecule has 0 aliphatic heterocycles. The molecule has 3 rings (SSSR count). The average Bonchev–Trinajstić information content (AvgIpc) is 2.71. The molecule has 0 atom stereocenters. The molecular weight excluding hydrogens is 227 g/mol. The van der Waals surface area contributed by atoms with E-state index in [0.29, 0.717) is 11.4 Å². The van der Waals surface area contributed by atoms with E-state index >= 15 is 0 Å². The Balaban J connectivity index is 2.25. The van der Waals surface area contributed by atoms with E-state index in [1.165, 1.54) is 6.07 Å². The Kier molecular flexibility index (Phi) is 2.33. The average molecular weight is 240 g/mol. The normalized spacial score (nSPS) is 11.0. The molecule has 2 nitrogen and oxygen atoms in total. The molecule has 0 aliphatic carbocycles. The highest BCUT2D eigenvalue weighted by Crippen LogP contribution is 2.30. The number of pyridine rings is 1. The van der Waals surface area contributed by atoms with Gasteiger partial charge in [-0.2, -0.15) is 0 Å². The molecule has 2 heterocycles. The van der Waals surface area contributed by atoms with Gasteiger partial charge in [-0.3, -0.25) is 0 Å². The summed E-state index contributed by atoms with van der Waals surface area (Å²) < 4.78 is 15.2. The molecule has 18 heavy (non-hydrogen) atoms. The predicted molar refractivity (Wildman–Crippen MR) is 71.9 cm³/mol. The van der Waals surface area contributed by atoms with Crippen molar-refractivity contribution >= 4 is 11.3 Å². The van der Waals surface area contributed by atoms with E-state index in [1.807, 2.05) is 40.9 Å². The summed E-state index contributed by atoms with van der Waals surface area (Å²) in [6.45, 7) is 1.75. The molecule has 2 N–H and O–H groups in total. The molecule has 0 saturated heterocycles. The van der Waals surface area contributed by atoms with Crippen LogP contribution in [-0.4, -0.2) is 4.40 Å². The summed E-state index contributed by atoms with van der Waals surface area (Å²) in [5, 5.41) is 0. The van der Waals surface area contributed by atoms with Gasteiger partial charge in [0.1, 0.15) is 11.6 Å². The lowest BCUT2D eigenvalue weighted by Crippen LogP contribution is -1.93. The third kappa shape index (κ3) is 1.56. The van der Waals surface area contributed by atoms with E-state index in [1.54, 1.807) is 13.0 Å². The highest BCUT2D eigenvalue weighted by atomic mass is 19.1. The van der Waals surface area contributed by atoms with Crippen LogP contribution >= 0.6 is 0 Å². The molecule has 1 aromatic carbocycles. The van der Waals surface area contributed by atoms with Crippen molar-refractivity contribution in [3.05, 3.63) is 60.0 Å². The lowest BCUT2D eigenvalue weighted by Gasteiger charge is -2.03. The van der Waals surface area contributed by atoms with Crippen LogP contribution in [0.2, 0.25) is 0 Å². The van der Waals surface area contributed by atoms with Gasteiger partial charge in [0.05, 0.1) is 0 Å². The van der Waals surface area contributed by atoms with Crippen molar-refractivity contribution < 1.29 is 4.39 Å². The second-order valence-electron chi connectivity index (χ2n) is 4.40. The van der Waals surface area contributed by atoms with E-state index in [0.717, 1.165) is 16.6 Å². The first kappa shape index (κ1) is 10.8. The molecule has 0 radical (unpaired) electrons. The van der Waals surface area contributed by atoms with E-state index in [2.05, 4.69) is 0 Å². The number of fused-ring (bicyclic) bond motifs is 1. The molecule has 0 spiro atoms. The van der Waals surface area contributed by atoms with Crippen molar-refractivity contribution in [1.82, 2.24) is 4.40 Å². The molecular formula is C15H13FN2. The van der Waals surface area contributed by atoms with Gasteiger partial charge in [-0.25, -0.2) is 4.39 Å². The minimum atomic E-state index is -0.193. The SMILES string of the molecule is Cc1cc(-c2cc3ccccn3c2N)ccc1F.